The molecular weight excluding hydrogens is 230 g/mol. The van der Waals surface area contributed by atoms with Crippen LogP contribution in [-0.4, -0.2) is 28.7 Å². The van der Waals surface area contributed by atoms with Crippen molar-refractivity contribution in [1.29, 1.82) is 0 Å². The van der Waals surface area contributed by atoms with Crippen molar-refractivity contribution in [3.05, 3.63) is 29.8 Å². The molecule has 0 amide bonds. The molecule has 1 aliphatic heterocycles. The minimum Gasteiger partial charge on any atom is -0.508 e. The van der Waals surface area contributed by atoms with E-state index < -0.39 is 0 Å². The molecule has 2 rings (SSSR count). The van der Waals surface area contributed by atoms with E-state index in [-0.39, 0.29) is 0 Å². The summed E-state index contributed by atoms with van der Waals surface area (Å²) in [6.45, 7) is 2.27. The van der Waals surface area contributed by atoms with Crippen molar-refractivity contribution in [3.63, 3.8) is 0 Å². The smallest absolute Gasteiger partial charge is 0.115 e. The molecule has 2 N–H and O–H groups in total. The van der Waals surface area contributed by atoms with E-state index in [1.807, 2.05) is 23.9 Å². The Kier molecular flexibility index (Phi) is 4.75. The van der Waals surface area contributed by atoms with Gasteiger partial charge in [0.1, 0.15) is 5.75 Å². The SMILES string of the molecule is CC(CCc1ccc(O)cc1)NC1CCSC1. The molecule has 1 aromatic rings. The standard InChI is InChI=1S/C14H21NOS/c1-11(15-13-8-9-17-10-13)2-3-12-4-6-14(16)7-5-12/h4-7,11,13,15-16H,2-3,8-10H2,1H3. The van der Waals surface area contributed by atoms with Gasteiger partial charge in [-0.15, -0.1) is 0 Å². The summed E-state index contributed by atoms with van der Waals surface area (Å²) in [6, 6.07) is 8.84. The average Bonchev–Trinajstić information content (AvgIpc) is 2.81. The summed E-state index contributed by atoms with van der Waals surface area (Å²) in [5.41, 5.74) is 1.30. The predicted octanol–water partition coefficient (Wildman–Crippen LogP) is 2.81. The summed E-state index contributed by atoms with van der Waals surface area (Å²) in [7, 11) is 0. The first-order valence-electron chi connectivity index (χ1n) is 6.36. The van der Waals surface area contributed by atoms with Crippen LogP contribution in [-0.2, 0) is 6.42 Å². The molecule has 17 heavy (non-hydrogen) atoms. The Morgan fingerprint density at radius 2 is 2.18 bits per heavy atom. The van der Waals surface area contributed by atoms with E-state index in [0.717, 1.165) is 18.9 Å². The van der Waals surface area contributed by atoms with Crippen molar-refractivity contribution in [2.45, 2.75) is 38.3 Å². The quantitative estimate of drug-likeness (QED) is 0.844. The van der Waals surface area contributed by atoms with Gasteiger partial charge >= 0.3 is 0 Å². The van der Waals surface area contributed by atoms with E-state index in [9.17, 15) is 5.11 Å². The van der Waals surface area contributed by atoms with Gasteiger partial charge in [-0.05, 0) is 49.6 Å². The van der Waals surface area contributed by atoms with E-state index in [0.29, 0.717) is 11.8 Å². The molecule has 3 heteroatoms. The van der Waals surface area contributed by atoms with Crippen molar-refractivity contribution in [3.8, 4) is 5.75 Å². The zero-order valence-electron chi connectivity index (χ0n) is 10.4. The molecule has 1 saturated heterocycles. The third-order valence-electron chi connectivity index (χ3n) is 3.25. The minimum absolute atomic E-state index is 0.350. The normalized spacial score (nSPS) is 21.6. The zero-order valence-corrected chi connectivity index (χ0v) is 11.2. The minimum atomic E-state index is 0.350. The number of benzene rings is 1. The van der Waals surface area contributed by atoms with Gasteiger partial charge in [0.25, 0.3) is 0 Å². The van der Waals surface area contributed by atoms with Gasteiger partial charge in [0, 0.05) is 17.8 Å². The fourth-order valence-electron chi connectivity index (χ4n) is 2.20. The van der Waals surface area contributed by atoms with Gasteiger partial charge in [0.15, 0.2) is 0 Å². The van der Waals surface area contributed by atoms with Gasteiger partial charge in [-0.25, -0.2) is 0 Å². The predicted molar refractivity (Wildman–Crippen MR) is 74.8 cm³/mol. The van der Waals surface area contributed by atoms with E-state index in [1.54, 1.807) is 12.1 Å². The molecule has 1 fully saturated rings. The number of phenols is 1. The van der Waals surface area contributed by atoms with Gasteiger partial charge in [-0.1, -0.05) is 12.1 Å². The molecule has 2 atom stereocenters. The van der Waals surface area contributed by atoms with Gasteiger partial charge in [0.2, 0.25) is 0 Å². The summed E-state index contributed by atoms with van der Waals surface area (Å²) < 4.78 is 0. The first-order chi connectivity index (χ1) is 8.24. The van der Waals surface area contributed by atoms with Crippen molar-refractivity contribution >= 4 is 11.8 Å². The number of rotatable bonds is 5. The summed E-state index contributed by atoms with van der Waals surface area (Å²) in [5, 5.41) is 12.9. The summed E-state index contributed by atoms with van der Waals surface area (Å²) >= 11 is 2.05. The molecule has 1 aromatic carbocycles. The lowest BCUT2D eigenvalue weighted by molar-refractivity contribution is 0.451. The monoisotopic (exact) mass is 251 g/mol. The molecule has 2 unspecified atom stereocenters. The highest BCUT2D eigenvalue weighted by Gasteiger charge is 2.16. The van der Waals surface area contributed by atoms with Crippen molar-refractivity contribution in [1.82, 2.24) is 5.32 Å². The maximum atomic E-state index is 9.21. The topological polar surface area (TPSA) is 32.3 Å². The number of nitrogens with one attached hydrogen (secondary N) is 1. The summed E-state index contributed by atoms with van der Waals surface area (Å²) in [4.78, 5) is 0. The molecule has 0 radical (unpaired) electrons. The highest BCUT2D eigenvalue weighted by atomic mass is 32.2. The van der Waals surface area contributed by atoms with Crippen LogP contribution in [0.25, 0.3) is 0 Å². The Morgan fingerprint density at radius 1 is 1.41 bits per heavy atom. The maximum Gasteiger partial charge on any atom is 0.115 e. The Labute approximate surface area is 108 Å². The number of aryl methyl sites for hydroxylation is 1. The van der Waals surface area contributed by atoms with E-state index >= 15 is 0 Å². The number of aromatic hydroxyl groups is 1. The second kappa shape index (κ2) is 6.31. The average molecular weight is 251 g/mol. The van der Waals surface area contributed by atoms with E-state index in [2.05, 4.69) is 12.2 Å². The molecule has 0 spiro atoms. The van der Waals surface area contributed by atoms with Gasteiger partial charge in [0.05, 0.1) is 0 Å². The van der Waals surface area contributed by atoms with Crippen LogP contribution < -0.4 is 5.32 Å². The second-order valence-electron chi connectivity index (χ2n) is 4.83. The first-order valence-corrected chi connectivity index (χ1v) is 7.51. The number of phenolic OH excluding ortho intramolecular Hbond substituents is 1. The highest BCUT2D eigenvalue weighted by Crippen LogP contribution is 2.18. The van der Waals surface area contributed by atoms with Crippen LogP contribution in [0.2, 0.25) is 0 Å². The van der Waals surface area contributed by atoms with Gasteiger partial charge in [-0.3, -0.25) is 0 Å². The van der Waals surface area contributed by atoms with E-state index in [4.69, 9.17) is 0 Å². The van der Waals surface area contributed by atoms with E-state index in [1.165, 1.54) is 23.5 Å². The van der Waals surface area contributed by atoms with Crippen LogP contribution in [0.1, 0.15) is 25.3 Å². The van der Waals surface area contributed by atoms with Crippen molar-refractivity contribution in [2.75, 3.05) is 11.5 Å². The third-order valence-corrected chi connectivity index (χ3v) is 4.41. The van der Waals surface area contributed by atoms with Crippen LogP contribution in [0.5, 0.6) is 5.75 Å². The maximum absolute atomic E-state index is 9.21. The second-order valence-corrected chi connectivity index (χ2v) is 5.98. The Morgan fingerprint density at radius 3 is 2.82 bits per heavy atom. The summed E-state index contributed by atoms with van der Waals surface area (Å²) in [6.07, 6.45) is 3.55. The molecule has 0 bridgehead atoms. The molecule has 2 nitrogen and oxygen atoms in total. The fraction of sp³-hybridized carbons (Fsp3) is 0.571. The Hall–Kier alpha value is -0.670. The molecule has 0 aromatic heterocycles. The third kappa shape index (κ3) is 4.25. The number of thioether (sulfide) groups is 1. The lowest BCUT2D eigenvalue weighted by Gasteiger charge is -2.18. The largest absolute Gasteiger partial charge is 0.508 e. The van der Waals surface area contributed by atoms with Crippen molar-refractivity contribution in [2.24, 2.45) is 0 Å². The fourth-order valence-corrected chi connectivity index (χ4v) is 3.36. The molecule has 1 heterocycles. The lowest BCUT2D eigenvalue weighted by Crippen LogP contribution is -2.36. The van der Waals surface area contributed by atoms with Crippen molar-refractivity contribution < 1.29 is 5.11 Å². The summed E-state index contributed by atoms with van der Waals surface area (Å²) in [5.74, 6) is 2.93. The number of hydrogen-bond donors (Lipinski definition) is 2. The molecule has 1 aliphatic rings. The van der Waals surface area contributed by atoms with Gasteiger partial charge < -0.3 is 10.4 Å². The number of hydrogen-bond acceptors (Lipinski definition) is 3. The molecule has 94 valence electrons. The zero-order chi connectivity index (χ0) is 12.1. The van der Waals surface area contributed by atoms with Crippen LogP contribution in [0.4, 0.5) is 0 Å². The molecule has 0 aliphatic carbocycles. The molecular formula is C14H21NOS. The van der Waals surface area contributed by atoms with Crippen LogP contribution in [0.15, 0.2) is 24.3 Å². The van der Waals surface area contributed by atoms with Gasteiger partial charge in [-0.2, -0.15) is 11.8 Å². The first kappa shape index (κ1) is 12.8. The van der Waals surface area contributed by atoms with Crippen LogP contribution in [0, 0.1) is 0 Å². The van der Waals surface area contributed by atoms with Crippen LogP contribution in [0.3, 0.4) is 0 Å². The Balaban J connectivity index is 1.71. The molecule has 0 saturated carbocycles. The van der Waals surface area contributed by atoms with Crippen LogP contribution >= 0.6 is 11.8 Å². The lowest BCUT2D eigenvalue weighted by atomic mass is 10.1. The highest BCUT2D eigenvalue weighted by molar-refractivity contribution is 7.99. The Bertz CT molecular complexity index is 333.